The highest BCUT2D eigenvalue weighted by Gasteiger charge is 2.06. The normalized spacial score (nSPS) is 10.1. The van der Waals surface area contributed by atoms with E-state index in [4.69, 9.17) is 5.73 Å². The molecule has 0 aliphatic rings. The Labute approximate surface area is 96.7 Å². The van der Waals surface area contributed by atoms with E-state index in [2.05, 4.69) is 9.72 Å². The second kappa shape index (κ2) is 4.32. The van der Waals surface area contributed by atoms with E-state index in [1.165, 1.54) is 18.4 Å². The minimum Gasteiger partial charge on any atom is -0.465 e. The first kappa shape index (κ1) is 10.6. The lowest BCUT2D eigenvalue weighted by molar-refractivity contribution is 0.0601. The Morgan fingerprint density at radius 1 is 1.38 bits per heavy atom. The molecule has 2 aromatic rings. The zero-order valence-electron chi connectivity index (χ0n) is 8.64. The highest BCUT2D eigenvalue weighted by Crippen LogP contribution is 2.26. The van der Waals surface area contributed by atoms with Gasteiger partial charge in [0.1, 0.15) is 10.0 Å². The van der Waals surface area contributed by atoms with E-state index in [-0.39, 0.29) is 5.97 Å². The molecular formula is C11H10N2O2S. The fraction of sp³-hybridized carbons (Fsp3) is 0.0909. The van der Waals surface area contributed by atoms with Crippen LogP contribution in [0.2, 0.25) is 0 Å². The van der Waals surface area contributed by atoms with Crippen molar-refractivity contribution in [1.82, 2.24) is 4.98 Å². The second-order valence-electron chi connectivity index (χ2n) is 3.14. The minimum absolute atomic E-state index is 0.342. The monoisotopic (exact) mass is 234 g/mol. The summed E-state index contributed by atoms with van der Waals surface area (Å²) in [6.45, 7) is 0. The maximum absolute atomic E-state index is 11.2. The van der Waals surface area contributed by atoms with E-state index < -0.39 is 0 Å². The van der Waals surface area contributed by atoms with Gasteiger partial charge >= 0.3 is 5.97 Å². The summed E-state index contributed by atoms with van der Waals surface area (Å²) in [5.41, 5.74) is 7.06. The third-order valence-corrected chi connectivity index (χ3v) is 2.95. The molecule has 0 aliphatic heterocycles. The van der Waals surface area contributed by atoms with Crippen LogP contribution < -0.4 is 5.73 Å². The maximum atomic E-state index is 11.2. The molecule has 1 aromatic carbocycles. The topological polar surface area (TPSA) is 65.2 Å². The van der Waals surface area contributed by atoms with E-state index in [0.29, 0.717) is 10.6 Å². The van der Waals surface area contributed by atoms with Crippen molar-refractivity contribution < 1.29 is 9.53 Å². The molecule has 0 amide bonds. The largest absolute Gasteiger partial charge is 0.465 e. The van der Waals surface area contributed by atoms with Crippen LogP contribution in [0.25, 0.3) is 10.6 Å². The van der Waals surface area contributed by atoms with Gasteiger partial charge in [-0.15, -0.1) is 0 Å². The molecule has 0 spiro atoms. The summed E-state index contributed by atoms with van der Waals surface area (Å²) in [5.74, 6) is -0.342. The van der Waals surface area contributed by atoms with Crippen LogP contribution in [0, 0.1) is 0 Å². The molecule has 0 aliphatic carbocycles. The van der Waals surface area contributed by atoms with Crippen LogP contribution in [0.4, 0.5) is 5.00 Å². The predicted molar refractivity (Wildman–Crippen MR) is 63.3 cm³/mol. The fourth-order valence-corrected chi connectivity index (χ4v) is 1.97. The number of esters is 1. The minimum atomic E-state index is -0.342. The van der Waals surface area contributed by atoms with Gasteiger partial charge in [0.2, 0.25) is 0 Å². The summed E-state index contributed by atoms with van der Waals surface area (Å²) in [6, 6.07) is 7.06. The molecular weight excluding hydrogens is 224 g/mol. The summed E-state index contributed by atoms with van der Waals surface area (Å²) >= 11 is 1.41. The van der Waals surface area contributed by atoms with Crippen LogP contribution in [-0.4, -0.2) is 18.1 Å². The van der Waals surface area contributed by atoms with Crippen LogP contribution in [0.3, 0.4) is 0 Å². The van der Waals surface area contributed by atoms with Crippen LogP contribution in [-0.2, 0) is 4.74 Å². The number of anilines is 1. The number of hydrogen-bond donors (Lipinski definition) is 1. The Kier molecular flexibility index (Phi) is 2.87. The van der Waals surface area contributed by atoms with Crippen molar-refractivity contribution in [3.05, 3.63) is 36.0 Å². The number of nitrogens with zero attached hydrogens (tertiary/aromatic N) is 1. The van der Waals surface area contributed by atoms with Crippen LogP contribution in [0.5, 0.6) is 0 Å². The van der Waals surface area contributed by atoms with Gasteiger partial charge < -0.3 is 10.5 Å². The Morgan fingerprint density at radius 2 is 2.06 bits per heavy atom. The number of hydrogen-bond acceptors (Lipinski definition) is 5. The number of methoxy groups -OCH3 is 1. The van der Waals surface area contributed by atoms with Crippen molar-refractivity contribution in [3.8, 4) is 10.6 Å². The summed E-state index contributed by atoms with van der Waals surface area (Å²) in [7, 11) is 1.36. The molecule has 16 heavy (non-hydrogen) atoms. The lowest BCUT2D eigenvalue weighted by Gasteiger charge is -2.00. The zero-order chi connectivity index (χ0) is 11.5. The number of ether oxygens (including phenoxy) is 1. The lowest BCUT2D eigenvalue weighted by atomic mass is 10.1. The molecule has 0 atom stereocenters. The summed E-state index contributed by atoms with van der Waals surface area (Å²) < 4.78 is 4.61. The number of thiazole rings is 1. The third kappa shape index (κ3) is 2.04. The number of rotatable bonds is 2. The van der Waals surface area contributed by atoms with Gasteiger partial charge in [-0.2, -0.15) is 0 Å². The van der Waals surface area contributed by atoms with Gasteiger partial charge in [0.25, 0.3) is 0 Å². The molecule has 0 fully saturated rings. The Balaban J connectivity index is 2.29. The summed E-state index contributed by atoms with van der Waals surface area (Å²) in [4.78, 5) is 15.4. The Bertz CT molecular complexity index is 505. The van der Waals surface area contributed by atoms with Crippen LogP contribution >= 0.6 is 11.3 Å². The van der Waals surface area contributed by atoms with E-state index in [1.54, 1.807) is 18.3 Å². The molecule has 0 bridgehead atoms. The lowest BCUT2D eigenvalue weighted by Crippen LogP contribution is -2.00. The number of carbonyl (C=O) groups excluding carboxylic acids is 1. The molecule has 2 rings (SSSR count). The van der Waals surface area contributed by atoms with Crippen molar-refractivity contribution >= 4 is 22.3 Å². The maximum Gasteiger partial charge on any atom is 0.337 e. The average Bonchev–Trinajstić information content (AvgIpc) is 2.75. The number of benzene rings is 1. The van der Waals surface area contributed by atoms with E-state index >= 15 is 0 Å². The zero-order valence-corrected chi connectivity index (χ0v) is 9.45. The van der Waals surface area contributed by atoms with Crippen LogP contribution in [0.1, 0.15) is 10.4 Å². The third-order valence-electron chi connectivity index (χ3n) is 2.08. The molecule has 5 heteroatoms. The SMILES string of the molecule is COC(=O)c1ccc(-c2ncc(N)s2)cc1. The van der Waals surface area contributed by atoms with Gasteiger partial charge in [-0.1, -0.05) is 23.5 Å². The molecule has 2 N–H and O–H groups in total. The molecule has 82 valence electrons. The number of nitrogen functional groups attached to an aromatic ring is 1. The molecule has 0 saturated heterocycles. The van der Waals surface area contributed by atoms with E-state index in [9.17, 15) is 4.79 Å². The van der Waals surface area contributed by atoms with Crippen molar-refractivity contribution in [1.29, 1.82) is 0 Å². The molecule has 4 nitrogen and oxygen atoms in total. The van der Waals surface area contributed by atoms with Crippen molar-refractivity contribution in [2.75, 3.05) is 12.8 Å². The van der Waals surface area contributed by atoms with Crippen LogP contribution in [0.15, 0.2) is 30.5 Å². The average molecular weight is 234 g/mol. The number of carbonyl (C=O) groups is 1. The smallest absolute Gasteiger partial charge is 0.337 e. The van der Waals surface area contributed by atoms with Crippen molar-refractivity contribution in [3.63, 3.8) is 0 Å². The molecule has 1 aromatic heterocycles. The quantitative estimate of drug-likeness (QED) is 0.809. The van der Waals surface area contributed by atoms with Crippen molar-refractivity contribution in [2.24, 2.45) is 0 Å². The van der Waals surface area contributed by atoms with Gasteiger partial charge in [0, 0.05) is 5.56 Å². The van der Waals surface area contributed by atoms with Gasteiger partial charge in [0.15, 0.2) is 0 Å². The van der Waals surface area contributed by atoms with E-state index in [1.807, 2.05) is 12.1 Å². The van der Waals surface area contributed by atoms with Gasteiger partial charge in [-0.25, -0.2) is 9.78 Å². The Morgan fingerprint density at radius 3 is 2.56 bits per heavy atom. The second-order valence-corrected chi connectivity index (χ2v) is 4.20. The fourth-order valence-electron chi connectivity index (χ4n) is 1.29. The van der Waals surface area contributed by atoms with E-state index in [0.717, 1.165) is 10.6 Å². The Hall–Kier alpha value is -1.88. The predicted octanol–water partition coefficient (Wildman–Crippen LogP) is 2.18. The number of aromatic nitrogens is 1. The molecule has 0 saturated carbocycles. The first-order valence-corrected chi connectivity index (χ1v) is 5.42. The molecule has 0 unspecified atom stereocenters. The van der Waals surface area contributed by atoms with Gasteiger partial charge in [-0.05, 0) is 12.1 Å². The van der Waals surface area contributed by atoms with Gasteiger partial charge in [-0.3, -0.25) is 0 Å². The van der Waals surface area contributed by atoms with Gasteiger partial charge in [0.05, 0.1) is 18.9 Å². The first-order valence-electron chi connectivity index (χ1n) is 4.61. The number of nitrogens with two attached hydrogens (primary N) is 1. The molecule has 1 heterocycles. The summed E-state index contributed by atoms with van der Waals surface area (Å²) in [6.07, 6.45) is 1.62. The molecule has 0 radical (unpaired) electrons. The van der Waals surface area contributed by atoms with Crippen molar-refractivity contribution in [2.45, 2.75) is 0 Å². The highest BCUT2D eigenvalue weighted by molar-refractivity contribution is 7.18. The highest BCUT2D eigenvalue weighted by atomic mass is 32.1. The first-order chi connectivity index (χ1) is 7.70. The summed E-state index contributed by atoms with van der Waals surface area (Å²) in [5, 5.41) is 1.51. The standard InChI is InChI=1S/C11H10N2O2S/c1-15-11(14)8-4-2-7(3-5-8)10-13-6-9(12)16-10/h2-6H,12H2,1H3.